The standard InChI is InChI=1S/C17H26FN3O2/c1-12-6-20(7-13(2)23-12)8-14-9-21(10-15(14)11-22)17-16(18)4-3-5-19-17/h3-5,12-15,22H,6-11H2,1-2H3/t12-,13+,14-,15-/m0/s1. The zero-order valence-corrected chi connectivity index (χ0v) is 13.9. The summed E-state index contributed by atoms with van der Waals surface area (Å²) in [6.07, 6.45) is 2.08. The summed E-state index contributed by atoms with van der Waals surface area (Å²) in [7, 11) is 0. The molecule has 4 atom stereocenters. The van der Waals surface area contributed by atoms with Gasteiger partial charge in [0.2, 0.25) is 0 Å². The van der Waals surface area contributed by atoms with Gasteiger partial charge >= 0.3 is 0 Å². The Bertz CT molecular complexity index is 520. The molecule has 0 aliphatic carbocycles. The third-order valence-electron chi connectivity index (χ3n) is 4.84. The van der Waals surface area contributed by atoms with Gasteiger partial charge in [-0.15, -0.1) is 0 Å². The normalized spacial score (nSPS) is 32.4. The van der Waals surface area contributed by atoms with Crippen LogP contribution in [0.25, 0.3) is 0 Å². The van der Waals surface area contributed by atoms with Crippen LogP contribution < -0.4 is 4.90 Å². The zero-order chi connectivity index (χ0) is 16.4. The summed E-state index contributed by atoms with van der Waals surface area (Å²) in [5.74, 6) is 0.583. The molecule has 3 heterocycles. The molecule has 0 radical (unpaired) electrons. The lowest BCUT2D eigenvalue weighted by Crippen LogP contribution is -2.48. The van der Waals surface area contributed by atoms with Crippen molar-refractivity contribution in [2.75, 3.05) is 44.2 Å². The van der Waals surface area contributed by atoms with E-state index in [1.165, 1.54) is 6.07 Å². The van der Waals surface area contributed by atoms with Gasteiger partial charge in [0.25, 0.3) is 0 Å². The number of rotatable bonds is 4. The van der Waals surface area contributed by atoms with E-state index in [2.05, 4.69) is 23.7 Å². The lowest BCUT2D eigenvalue weighted by atomic mass is 9.96. The van der Waals surface area contributed by atoms with E-state index in [4.69, 9.17) is 4.74 Å². The Labute approximate surface area is 137 Å². The molecular formula is C17H26FN3O2. The Morgan fingerprint density at radius 1 is 1.22 bits per heavy atom. The van der Waals surface area contributed by atoms with Crippen molar-refractivity contribution < 1.29 is 14.2 Å². The SMILES string of the molecule is C[C@@H]1CN(C[C@H]2CN(c3ncccc3F)C[C@H]2CO)C[C@H](C)O1. The highest BCUT2D eigenvalue weighted by atomic mass is 19.1. The second kappa shape index (κ2) is 7.11. The van der Waals surface area contributed by atoms with E-state index in [9.17, 15) is 9.50 Å². The van der Waals surface area contributed by atoms with Crippen molar-refractivity contribution in [1.82, 2.24) is 9.88 Å². The van der Waals surface area contributed by atoms with Gasteiger partial charge in [0.15, 0.2) is 11.6 Å². The van der Waals surface area contributed by atoms with Crippen LogP contribution >= 0.6 is 0 Å². The van der Waals surface area contributed by atoms with Gasteiger partial charge < -0.3 is 14.7 Å². The van der Waals surface area contributed by atoms with Crippen molar-refractivity contribution in [3.8, 4) is 0 Å². The van der Waals surface area contributed by atoms with Gasteiger partial charge in [0, 0.05) is 51.4 Å². The molecule has 2 saturated heterocycles. The molecule has 1 aromatic heterocycles. The van der Waals surface area contributed by atoms with Gasteiger partial charge in [0.1, 0.15) is 0 Å². The molecular weight excluding hydrogens is 297 g/mol. The highest BCUT2D eigenvalue weighted by molar-refractivity contribution is 5.41. The first-order valence-corrected chi connectivity index (χ1v) is 8.41. The largest absolute Gasteiger partial charge is 0.396 e. The first-order chi connectivity index (χ1) is 11.1. The van der Waals surface area contributed by atoms with E-state index in [0.29, 0.717) is 18.3 Å². The van der Waals surface area contributed by atoms with Gasteiger partial charge in [0.05, 0.1) is 12.2 Å². The van der Waals surface area contributed by atoms with Crippen LogP contribution in [0.15, 0.2) is 18.3 Å². The van der Waals surface area contributed by atoms with Gasteiger partial charge in [-0.2, -0.15) is 0 Å². The van der Waals surface area contributed by atoms with E-state index >= 15 is 0 Å². The molecule has 2 aliphatic rings. The number of aliphatic hydroxyl groups excluding tert-OH is 1. The second-order valence-corrected chi connectivity index (χ2v) is 6.89. The maximum absolute atomic E-state index is 14.0. The predicted molar refractivity (Wildman–Crippen MR) is 86.9 cm³/mol. The molecule has 0 amide bonds. The van der Waals surface area contributed by atoms with Gasteiger partial charge in [-0.25, -0.2) is 9.37 Å². The fraction of sp³-hybridized carbons (Fsp3) is 0.706. The zero-order valence-electron chi connectivity index (χ0n) is 13.9. The number of hydrogen-bond donors (Lipinski definition) is 1. The van der Waals surface area contributed by atoms with Crippen LogP contribution in [0.3, 0.4) is 0 Å². The Morgan fingerprint density at radius 2 is 1.91 bits per heavy atom. The lowest BCUT2D eigenvalue weighted by molar-refractivity contribution is -0.0725. The molecule has 0 bridgehead atoms. The van der Waals surface area contributed by atoms with Gasteiger partial charge in [-0.3, -0.25) is 4.90 Å². The van der Waals surface area contributed by atoms with Crippen molar-refractivity contribution in [2.45, 2.75) is 26.1 Å². The fourth-order valence-electron chi connectivity index (χ4n) is 3.90. The molecule has 5 nitrogen and oxygen atoms in total. The molecule has 6 heteroatoms. The minimum absolute atomic E-state index is 0.130. The monoisotopic (exact) mass is 323 g/mol. The number of ether oxygens (including phenoxy) is 1. The van der Waals surface area contributed by atoms with Crippen molar-refractivity contribution in [3.05, 3.63) is 24.1 Å². The van der Waals surface area contributed by atoms with Crippen molar-refractivity contribution in [3.63, 3.8) is 0 Å². The van der Waals surface area contributed by atoms with Crippen molar-refractivity contribution in [1.29, 1.82) is 0 Å². The van der Waals surface area contributed by atoms with E-state index in [1.54, 1.807) is 12.3 Å². The number of anilines is 1. The number of aromatic nitrogens is 1. The first-order valence-electron chi connectivity index (χ1n) is 8.41. The molecule has 1 aromatic rings. The maximum atomic E-state index is 14.0. The van der Waals surface area contributed by atoms with Crippen LogP contribution in [0.2, 0.25) is 0 Å². The molecule has 3 rings (SSSR count). The van der Waals surface area contributed by atoms with Crippen LogP contribution in [0, 0.1) is 17.7 Å². The Kier molecular flexibility index (Phi) is 5.14. The van der Waals surface area contributed by atoms with Gasteiger partial charge in [-0.1, -0.05) is 0 Å². The van der Waals surface area contributed by atoms with Gasteiger partial charge in [-0.05, 0) is 31.9 Å². The minimum Gasteiger partial charge on any atom is -0.396 e. The third-order valence-corrected chi connectivity index (χ3v) is 4.84. The Hall–Kier alpha value is -1.24. The van der Waals surface area contributed by atoms with Crippen LogP contribution in [0.5, 0.6) is 0 Å². The molecule has 1 N–H and O–H groups in total. The summed E-state index contributed by atoms with van der Waals surface area (Å²) in [5, 5.41) is 9.72. The summed E-state index contributed by atoms with van der Waals surface area (Å²) in [6.45, 7) is 8.45. The first kappa shape index (κ1) is 16.6. The van der Waals surface area contributed by atoms with Crippen molar-refractivity contribution in [2.24, 2.45) is 11.8 Å². The summed E-state index contributed by atoms with van der Waals surface area (Å²) >= 11 is 0. The minimum atomic E-state index is -0.293. The summed E-state index contributed by atoms with van der Waals surface area (Å²) in [5.41, 5.74) is 0. The average Bonchev–Trinajstić information content (AvgIpc) is 2.89. The predicted octanol–water partition coefficient (Wildman–Crippen LogP) is 1.37. The third kappa shape index (κ3) is 3.82. The molecule has 2 aliphatic heterocycles. The van der Waals surface area contributed by atoms with Crippen LogP contribution in [0.4, 0.5) is 10.2 Å². The number of pyridine rings is 1. The number of morpholine rings is 1. The number of aliphatic hydroxyl groups is 1. The topological polar surface area (TPSA) is 48.8 Å². The second-order valence-electron chi connectivity index (χ2n) is 6.89. The number of nitrogens with zero attached hydrogens (tertiary/aromatic N) is 3. The maximum Gasteiger partial charge on any atom is 0.165 e. The molecule has 0 saturated carbocycles. The van der Waals surface area contributed by atoms with E-state index in [0.717, 1.165) is 26.2 Å². The van der Waals surface area contributed by atoms with E-state index < -0.39 is 0 Å². The average molecular weight is 323 g/mol. The molecule has 0 unspecified atom stereocenters. The number of halogens is 1. The molecule has 128 valence electrons. The smallest absolute Gasteiger partial charge is 0.165 e. The molecule has 2 fully saturated rings. The lowest BCUT2D eigenvalue weighted by Gasteiger charge is -2.37. The van der Waals surface area contributed by atoms with E-state index in [-0.39, 0.29) is 30.5 Å². The number of hydrogen-bond acceptors (Lipinski definition) is 5. The Balaban J connectivity index is 1.66. The van der Waals surface area contributed by atoms with Crippen LogP contribution in [-0.4, -0.2) is 66.5 Å². The van der Waals surface area contributed by atoms with Crippen LogP contribution in [-0.2, 0) is 4.74 Å². The summed E-state index contributed by atoms with van der Waals surface area (Å²) in [4.78, 5) is 8.54. The highest BCUT2D eigenvalue weighted by Crippen LogP contribution is 2.29. The quantitative estimate of drug-likeness (QED) is 0.907. The molecule has 0 spiro atoms. The van der Waals surface area contributed by atoms with Crippen molar-refractivity contribution >= 4 is 5.82 Å². The highest BCUT2D eigenvalue weighted by Gasteiger charge is 2.36. The summed E-state index contributed by atoms with van der Waals surface area (Å²) < 4.78 is 19.7. The molecule has 23 heavy (non-hydrogen) atoms. The fourth-order valence-corrected chi connectivity index (χ4v) is 3.90. The summed E-state index contributed by atoms with van der Waals surface area (Å²) in [6, 6.07) is 3.04. The Morgan fingerprint density at radius 3 is 2.57 bits per heavy atom. The van der Waals surface area contributed by atoms with Crippen LogP contribution in [0.1, 0.15) is 13.8 Å². The molecule has 0 aromatic carbocycles. The van der Waals surface area contributed by atoms with E-state index in [1.807, 2.05) is 4.90 Å².